The van der Waals surface area contributed by atoms with Gasteiger partial charge in [-0.1, -0.05) is 11.6 Å². The van der Waals surface area contributed by atoms with Crippen molar-refractivity contribution in [2.45, 2.75) is 11.8 Å². The van der Waals surface area contributed by atoms with Gasteiger partial charge in [0.05, 0.1) is 13.2 Å². The van der Waals surface area contributed by atoms with Gasteiger partial charge in [0.15, 0.2) is 6.61 Å². The summed E-state index contributed by atoms with van der Waals surface area (Å²) in [6.07, 6.45) is 0. The van der Waals surface area contributed by atoms with Gasteiger partial charge in [-0.05, 0) is 48.9 Å². The Morgan fingerprint density at radius 3 is 2.56 bits per heavy atom. The van der Waals surface area contributed by atoms with E-state index in [1.54, 1.807) is 25.1 Å². The Kier molecular flexibility index (Phi) is 7.67. The molecule has 12 heteroatoms. The van der Waals surface area contributed by atoms with Crippen molar-refractivity contribution in [2.75, 3.05) is 32.9 Å². The van der Waals surface area contributed by atoms with Crippen molar-refractivity contribution >= 4 is 33.4 Å². The molecule has 172 valence electrons. The first-order valence-electron chi connectivity index (χ1n) is 9.54. The number of halogens is 2. The van der Waals surface area contributed by atoms with Crippen LogP contribution in [0.15, 0.2) is 41.3 Å². The molecule has 1 aliphatic heterocycles. The highest BCUT2D eigenvalue weighted by Crippen LogP contribution is 2.22. The molecule has 3 rings (SSSR count). The summed E-state index contributed by atoms with van der Waals surface area (Å²) in [5.74, 6) is -2.04. The standard InChI is InChI=1S/C20H21ClFN3O6S/c1-13-10-15(3-4-16(13)21)31-12-19(26)23-24-20(27)14-2-5-17(22)18(11-14)32(28,29)25-6-8-30-9-7-25/h2-5,10-11H,6-9,12H2,1H3,(H,23,26)(H,24,27). The van der Waals surface area contributed by atoms with Gasteiger partial charge in [-0.2, -0.15) is 4.31 Å². The molecule has 32 heavy (non-hydrogen) atoms. The smallest absolute Gasteiger partial charge is 0.276 e. The van der Waals surface area contributed by atoms with Gasteiger partial charge < -0.3 is 9.47 Å². The van der Waals surface area contributed by atoms with Crippen LogP contribution in [0.4, 0.5) is 4.39 Å². The summed E-state index contributed by atoms with van der Waals surface area (Å²) < 4.78 is 51.2. The van der Waals surface area contributed by atoms with Crippen molar-refractivity contribution in [1.82, 2.24) is 15.2 Å². The summed E-state index contributed by atoms with van der Waals surface area (Å²) in [6, 6.07) is 7.80. The van der Waals surface area contributed by atoms with Gasteiger partial charge in [-0.3, -0.25) is 20.4 Å². The van der Waals surface area contributed by atoms with Gasteiger partial charge in [0.25, 0.3) is 11.8 Å². The van der Waals surface area contributed by atoms with Crippen molar-refractivity contribution in [3.63, 3.8) is 0 Å². The fourth-order valence-corrected chi connectivity index (χ4v) is 4.47. The van der Waals surface area contributed by atoms with E-state index < -0.39 is 32.6 Å². The first kappa shape index (κ1) is 23.9. The van der Waals surface area contributed by atoms with Crippen LogP contribution in [0.1, 0.15) is 15.9 Å². The van der Waals surface area contributed by atoms with Gasteiger partial charge in [0, 0.05) is 23.7 Å². The number of sulfonamides is 1. The topological polar surface area (TPSA) is 114 Å². The Labute approximate surface area is 189 Å². The maximum Gasteiger partial charge on any atom is 0.276 e. The number of carbonyl (C=O) groups excluding carboxylic acids is 2. The minimum absolute atomic E-state index is 0.0847. The number of hydrogen-bond donors (Lipinski definition) is 2. The van der Waals surface area contributed by atoms with E-state index in [0.717, 1.165) is 28.1 Å². The highest BCUT2D eigenvalue weighted by Gasteiger charge is 2.29. The van der Waals surface area contributed by atoms with Crippen molar-refractivity contribution < 1.29 is 31.9 Å². The third kappa shape index (κ3) is 5.74. The number of nitrogens with one attached hydrogen (secondary N) is 2. The number of benzene rings is 2. The van der Waals surface area contributed by atoms with Gasteiger partial charge >= 0.3 is 0 Å². The van der Waals surface area contributed by atoms with Crippen LogP contribution in [0.5, 0.6) is 5.75 Å². The number of rotatable bonds is 6. The van der Waals surface area contributed by atoms with Crippen molar-refractivity contribution in [2.24, 2.45) is 0 Å². The summed E-state index contributed by atoms with van der Waals surface area (Å²) in [5, 5.41) is 0.559. The molecule has 1 saturated heterocycles. The van der Waals surface area contributed by atoms with Crippen LogP contribution in [-0.4, -0.2) is 57.4 Å². The summed E-state index contributed by atoms with van der Waals surface area (Å²) in [7, 11) is -4.14. The molecule has 0 atom stereocenters. The second-order valence-corrected chi connectivity index (χ2v) is 9.18. The molecule has 0 bridgehead atoms. The fraction of sp³-hybridized carbons (Fsp3) is 0.300. The Morgan fingerprint density at radius 1 is 1.16 bits per heavy atom. The zero-order valence-electron chi connectivity index (χ0n) is 17.1. The molecule has 0 aliphatic carbocycles. The predicted molar refractivity (Wildman–Crippen MR) is 113 cm³/mol. The zero-order chi connectivity index (χ0) is 23.3. The number of aryl methyl sites for hydroxylation is 1. The van der Waals surface area contributed by atoms with Crippen molar-refractivity contribution in [3.8, 4) is 5.75 Å². The molecule has 1 heterocycles. The van der Waals surface area contributed by atoms with Gasteiger partial charge in [-0.25, -0.2) is 12.8 Å². The van der Waals surface area contributed by atoms with E-state index in [2.05, 4.69) is 10.9 Å². The minimum Gasteiger partial charge on any atom is -0.484 e. The average Bonchev–Trinajstić information content (AvgIpc) is 2.79. The maximum absolute atomic E-state index is 14.2. The monoisotopic (exact) mass is 485 g/mol. The lowest BCUT2D eigenvalue weighted by Crippen LogP contribution is -2.44. The summed E-state index contributed by atoms with van der Waals surface area (Å²) in [4.78, 5) is 23.7. The number of hydrogen-bond acceptors (Lipinski definition) is 6. The quantitative estimate of drug-likeness (QED) is 0.601. The largest absolute Gasteiger partial charge is 0.484 e. The molecule has 0 saturated carbocycles. The van der Waals surface area contributed by atoms with Crippen LogP contribution in [0.2, 0.25) is 5.02 Å². The highest BCUT2D eigenvalue weighted by molar-refractivity contribution is 7.89. The molecule has 0 radical (unpaired) electrons. The Balaban J connectivity index is 1.60. The summed E-state index contributed by atoms with van der Waals surface area (Å²) in [6.45, 7) is 1.96. The third-order valence-electron chi connectivity index (χ3n) is 4.60. The summed E-state index contributed by atoms with van der Waals surface area (Å²) in [5.41, 5.74) is 4.93. The van der Waals surface area contributed by atoms with E-state index in [4.69, 9.17) is 21.1 Å². The molecular formula is C20H21ClFN3O6S. The van der Waals surface area contributed by atoms with Crippen LogP contribution in [0, 0.1) is 12.7 Å². The second-order valence-electron chi connectivity index (χ2n) is 6.86. The molecule has 1 aliphatic rings. The minimum atomic E-state index is -4.14. The molecule has 2 N–H and O–H groups in total. The van der Waals surface area contributed by atoms with E-state index in [0.29, 0.717) is 10.8 Å². The van der Waals surface area contributed by atoms with Gasteiger partial charge in [0.1, 0.15) is 16.5 Å². The lowest BCUT2D eigenvalue weighted by atomic mass is 10.2. The number of nitrogens with zero attached hydrogens (tertiary/aromatic N) is 1. The molecule has 2 aromatic carbocycles. The normalized spacial score (nSPS) is 14.6. The number of ether oxygens (including phenoxy) is 2. The Morgan fingerprint density at radius 2 is 1.88 bits per heavy atom. The predicted octanol–water partition coefficient (Wildman–Crippen LogP) is 1.65. The number of hydrazine groups is 1. The van der Waals surface area contributed by atoms with Crippen LogP contribution >= 0.6 is 11.6 Å². The lowest BCUT2D eigenvalue weighted by molar-refractivity contribution is -0.123. The van der Waals surface area contributed by atoms with E-state index in [-0.39, 0.29) is 38.5 Å². The summed E-state index contributed by atoms with van der Waals surface area (Å²) >= 11 is 5.93. The van der Waals surface area contributed by atoms with Gasteiger partial charge in [-0.15, -0.1) is 0 Å². The van der Waals surface area contributed by atoms with E-state index in [1.807, 2.05) is 0 Å². The number of morpholine rings is 1. The molecule has 0 aromatic heterocycles. The first-order chi connectivity index (χ1) is 15.2. The SMILES string of the molecule is Cc1cc(OCC(=O)NNC(=O)c2ccc(F)c(S(=O)(=O)N3CCOCC3)c2)ccc1Cl. The van der Waals surface area contributed by atoms with Crippen molar-refractivity contribution in [1.29, 1.82) is 0 Å². The molecule has 2 amide bonds. The zero-order valence-corrected chi connectivity index (χ0v) is 18.6. The molecule has 0 spiro atoms. The van der Waals surface area contributed by atoms with E-state index in [1.165, 1.54) is 0 Å². The van der Waals surface area contributed by atoms with Crippen molar-refractivity contribution in [3.05, 3.63) is 58.4 Å². The van der Waals surface area contributed by atoms with Crippen LogP contribution in [0.25, 0.3) is 0 Å². The second kappa shape index (κ2) is 10.3. The highest BCUT2D eigenvalue weighted by atomic mass is 35.5. The number of carbonyl (C=O) groups is 2. The van der Waals surface area contributed by atoms with Gasteiger partial charge in [0.2, 0.25) is 10.0 Å². The number of amides is 2. The fourth-order valence-electron chi connectivity index (χ4n) is 2.86. The maximum atomic E-state index is 14.2. The van der Waals surface area contributed by atoms with E-state index in [9.17, 15) is 22.4 Å². The molecule has 1 fully saturated rings. The molecular weight excluding hydrogens is 465 g/mol. The average molecular weight is 486 g/mol. The molecule has 0 unspecified atom stereocenters. The Hall–Kier alpha value is -2.73. The van der Waals surface area contributed by atoms with E-state index >= 15 is 0 Å². The van der Waals surface area contributed by atoms with Crippen LogP contribution in [0.3, 0.4) is 0 Å². The molecule has 2 aromatic rings. The third-order valence-corrected chi connectivity index (χ3v) is 6.93. The Bertz CT molecular complexity index is 1120. The van der Waals surface area contributed by atoms with Crippen LogP contribution in [-0.2, 0) is 19.6 Å². The lowest BCUT2D eigenvalue weighted by Gasteiger charge is -2.26. The molecule has 9 nitrogen and oxygen atoms in total. The van der Waals surface area contributed by atoms with Crippen LogP contribution < -0.4 is 15.6 Å². The first-order valence-corrected chi connectivity index (χ1v) is 11.4.